The first kappa shape index (κ1) is 18.7. The first-order chi connectivity index (χ1) is 12.5. The lowest BCUT2D eigenvalue weighted by atomic mass is 9.99. The minimum atomic E-state index is -0.101. The number of benzene rings is 2. The molecule has 0 saturated carbocycles. The van der Waals surface area contributed by atoms with E-state index in [-0.39, 0.29) is 12.5 Å². The first-order valence-electron chi connectivity index (χ1n) is 8.11. The zero-order valence-electron chi connectivity index (χ0n) is 14.6. The zero-order chi connectivity index (χ0) is 18.7. The third-order valence-corrected chi connectivity index (χ3v) is 4.85. The number of hydrogen-bond donors (Lipinski definition) is 0. The van der Waals surface area contributed by atoms with Crippen molar-refractivity contribution in [3.8, 4) is 17.2 Å². The van der Waals surface area contributed by atoms with E-state index in [2.05, 4.69) is 0 Å². The Hall–Kier alpha value is -2.11. The molecule has 0 N–H and O–H groups in total. The van der Waals surface area contributed by atoms with Crippen LogP contribution in [0.2, 0.25) is 10.0 Å². The van der Waals surface area contributed by atoms with Crippen LogP contribution in [0, 0.1) is 0 Å². The zero-order valence-corrected chi connectivity index (χ0v) is 16.1. The minimum absolute atomic E-state index is 0.0794. The smallest absolute Gasteiger partial charge is 0.260 e. The molecule has 7 heteroatoms. The Morgan fingerprint density at radius 3 is 2.38 bits per heavy atom. The number of methoxy groups -OCH3 is 2. The van der Waals surface area contributed by atoms with E-state index in [0.29, 0.717) is 40.4 Å². The van der Waals surface area contributed by atoms with Gasteiger partial charge in [-0.1, -0.05) is 23.2 Å². The summed E-state index contributed by atoms with van der Waals surface area (Å²) in [5.74, 6) is 1.70. The second kappa shape index (κ2) is 8.06. The van der Waals surface area contributed by atoms with E-state index in [9.17, 15) is 4.79 Å². The molecule has 1 aliphatic heterocycles. The summed E-state index contributed by atoms with van der Waals surface area (Å²) >= 11 is 11.9. The van der Waals surface area contributed by atoms with Gasteiger partial charge in [0.15, 0.2) is 18.1 Å². The third kappa shape index (κ3) is 4.00. The van der Waals surface area contributed by atoms with Gasteiger partial charge in [-0.05, 0) is 47.9 Å². The van der Waals surface area contributed by atoms with Gasteiger partial charge in [0, 0.05) is 18.1 Å². The van der Waals surface area contributed by atoms with Crippen molar-refractivity contribution in [2.45, 2.75) is 13.0 Å². The number of halogens is 2. The van der Waals surface area contributed by atoms with Crippen molar-refractivity contribution in [2.75, 3.05) is 27.4 Å². The average molecular weight is 396 g/mol. The van der Waals surface area contributed by atoms with Gasteiger partial charge in [-0.3, -0.25) is 4.79 Å². The Labute approximate surface area is 162 Å². The third-order valence-electron chi connectivity index (χ3n) is 4.32. The predicted molar refractivity (Wildman–Crippen MR) is 101 cm³/mol. The van der Waals surface area contributed by atoms with Gasteiger partial charge in [0.2, 0.25) is 0 Å². The van der Waals surface area contributed by atoms with E-state index in [1.807, 2.05) is 12.1 Å². The molecule has 26 heavy (non-hydrogen) atoms. The molecule has 2 aromatic carbocycles. The van der Waals surface area contributed by atoms with Gasteiger partial charge in [-0.15, -0.1) is 0 Å². The molecule has 1 aliphatic rings. The van der Waals surface area contributed by atoms with E-state index in [1.165, 1.54) is 0 Å². The van der Waals surface area contributed by atoms with Crippen LogP contribution in [0.3, 0.4) is 0 Å². The average Bonchev–Trinajstić information content (AvgIpc) is 2.65. The summed E-state index contributed by atoms with van der Waals surface area (Å²) in [7, 11) is 3.21. The van der Waals surface area contributed by atoms with Crippen LogP contribution in [0.5, 0.6) is 17.2 Å². The summed E-state index contributed by atoms with van der Waals surface area (Å²) in [5.41, 5.74) is 2.21. The first-order valence-corrected chi connectivity index (χ1v) is 8.87. The second-order valence-electron chi connectivity index (χ2n) is 5.90. The summed E-state index contributed by atoms with van der Waals surface area (Å²) in [6.07, 6.45) is 0.753. The van der Waals surface area contributed by atoms with Gasteiger partial charge in [0.1, 0.15) is 5.75 Å². The predicted octanol–water partition coefficient (Wildman–Crippen LogP) is 3.97. The summed E-state index contributed by atoms with van der Waals surface area (Å²) in [6, 6.07) is 8.80. The molecule has 0 atom stereocenters. The number of amides is 1. The standard InChI is InChI=1S/C19H19Cl2NO4/c1-24-17-7-12-5-6-22(10-13(12)8-18(17)25-2)19(23)11-26-16-4-3-14(20)9-15(16)21/h3-4,7-9H,5-6,10-11H2,1-2H3. The van der Waals surface area contributed by atoms with E-state index < -0.39 is 0 Å². The van der Waals surface area contributed by atoms with E-state index in [4.69, 9.17) is 37.4 Å². The fourth-order valence-corrected chi connectivity index (χ4v) is 3.38. The SMILES string of the molecule is COc1cc2c(cc1OC)CN(C(=O)COc1ccc(Cl)cc1Cl)CC2. The van der Waals surface area contributed by atoms with Crippen LogP contribution < -0.4 is 14.2 Å². The number of ether oxygens (including phenoxy) is 3. The Morgan fingerprint density at radius 2 is 1.73 bits per heavy atom. The number of carbonyl (C=O) groups excluding carboxylic acids is 1. The van der Waals surface area contributed by atoms with Crippen LogP contribution in [0.15, 0.2) is 30.3 Å². The maximum atomic E-state index is 12.5. The molecule has 0 aromatic heterocycles. The normalized spacial score (nSPS) is 13.2. The quantitative estimate of drug-likeness (QED) is 0.768. The van der Waals surface area contributed by atoms with Crippen molar-refractivity contribution >= 4 is 29.1 Å². The molecule has 0 radical (unpaired) electrons. The lowest BCUT2D eigenvalue weighted by Gasteiger charge is -2.29. The number of nitrogens with zero attached hydrogens (tertiary/aromatic N) is 1. The van der Waals surface area contributed by atoms with Gasteiger partial charge < -0.3 is 19.1 Å². The van der Waals surface area contributed by atoms with Gasteiger partial charge in [-0.2, -0.15) is 0 Å². The lowest BCUT2D eigenvalue weighted by Crippen LogP contribution is -2.38. The maximum absolute atomic E-state index is 12.5. The van der Waals surface area contributed by atoms with E-state index >= 15 is 0 Å². The molecule has 3 rings (SSSR count). The van der Waals surface area contributed by atoms with Crippen LogP contribution in [0.25, 0.3) is 0 Å². The largest absolute Gasteiger partial charge is 0.493 e. The van der Waals surface area contributed by atoms with Gasteiger partial charge in [0.05, 0.1) is 19.2 Å². The van der Waals surface area contributed by atoms with Gasteiger partial charge >= 0.3 is 0 Å². The second-order valence-corrected chi connectivity index (χ2v) is 6.75. The van der Waals surface area contributed by atoms with Crippen molar-refractivity contribution in [3.63, 3.8) is 0 Å². The molecule has 0 aliphatic carbocycles. The highest BCUT2D eigenvalue weighted by atomic mass is 35.5. The number of carbonyl (C=O) groups is 1. The highest BCUT2D eigenvalue weighted by Crippen LogP contribution is 2.33. The number of rotatable bonds is 5. The van der Waals surface area contributed by atoms with Crippen LogP contribution in [-0.2, 0) is 17.8 Å². The van der Waals surface area contributed by atoms with Gasteiger partial charge in [0.25, 0.3) is 5.91 Å². The highest BCUT2D eigenvalue weighted by molar-refractivity contribution is 6.35. The van der Waals surface area contributed by atoms with E-state index in [0.717, 1.165) is 17.5 Å². The highest BCUT2D eigenvalue weighted by Gasteiger charge is 2.23. The lowest BCUT2D eigenvalue weighted by molar-refractivity contribution is -0.134. The van der Waals surface area contributed by atoms with E-state index in [1.54, 1.807) is 37.3 Å². The van der Waals surface area contributed by atoms with Crippen LogP contribution in [0.1, 0.15) is 11.1 Å². The molecular weight excluding hydrogens is 377 g/mol. The molecule has 1 heterocycles. The Morgan fingerprint density at radius 1 is 1.04 bits per heavy atom. The van der Waals surface area contributed by atoms with Crippen LogP contribution in [-0.4, -0.2) is 38.2 Å². The fraction of sp³-hybridized carbons (Fsp3) is 0.316. The van der Waals surface area contributed by atoms with Crippen molar-refractivity contribution in [2.24, 2.45) is 0 Å². The molecule has 0 spiro atoms. The maximum Gasteiger partial charge on any atom is 0.260 e. The molecule has 0 unspecified atom stereocenters. The topological polar surface area (TPSA) is 48.0 Å². The molecule has 0 saturated heterocycles. The monoisotopic (exact) mass is 395 g/mol. The molecule has 2 aromatic rings. The molecule has 0 fully saturated rings. The number of fused-ring (bicyclic) bond motifs is 1. The minimum Gasteiger partial charge on any atom is -0.493 e. The van der Waals surface area contributed by atoms with Crippen LogP contribution >= 0.6 is 23.2 Å². The number of hydrogen-bond acceptors (Lipinski definition) is 4. The molecular formula is C19H19Cl2NO4. The summed E-state index contributed by atoms with van der Waals surface area (Å²) < 4.78 is 16.2. The van der Waals surface area contributed by atoms with Crippen molar-refractivity contribution < 1.29 is 19.0 Å². The Balaban J connectivity index is 1.67. The van der Waals surface area contributed by atoms with Gasteiger partial charge in [-0.25, -0.2) is 0 Å². The molecule has 138 valence electrons. The Kier molecular flexibility index (Phi) is 5.79. The van der Waals surface area contributed by atoms with Crippen molar-refractivity contribution in [3.05, 3.63) is 51.5 Å². The Bertz CT molecular complexity index is 825. The molecule has 1 amide bonds. The summed E-state index contributed by atoms with van der Waals surface area (Å²) in [6.45, 7) is 1.05. The van der Waals surface area contributed by atoms with Crippen LogP contribution in [0.4, 0.5) is 0 Å². The summed E-state index contributed by atoms with van der Waals surface area (Å²) in [5, 5.41) is 0.900. The fourth-order valence-electron chi connectivity index (χ4n) is 2.92. The molecule has 5 nitrogen and oxygen atoms in total. The molecule has 0 bridgehead atoms. The van der Waals surface area contributed by atoms with Crippen molar-refractivity contribution in [1.29, 1.82) is 0 Å². The van der Waals surface area contributed by atoms with Crippen molar-refractivity contribution in [1.82, 2.24) is 4.90 Å². The summed E-state index contributed by atoms with van der Waals surface area (Å²) in [4.78, 5) is 14.3.